The standard InChI is InChI=1S/C31H34FN5O8/c32-23-13-25(37-19-34-28-29(37)35-31(33)36-30(28)40)45-24(23)18-43-26(38)11-12-27(39)44-22(16-41-14-20-7-3-1-4-8-20)17-42-15-21-9-5-2-6-10-21/h1-10,19,22-25H,11-18H2,(H3,33,35,36,40)/t23-,24+,25+/m0/s1. The first-order valence-electron chi connectivity index (χ1n) is 14.5. The minimum Gasteiger partial charge on any atom is -0.463 e. The monoisotopic (exact) mass is 623 g/mol. The Kier molecular flexibility index (Phi) is 10.8. The van der Waals surface area contributed by atoms with Crippen molar-refractivity contribution in [3.63, 3.8) is 0 Å². The van der Waals surface area contributed by atoms with Crippen LogP contribution in [0.25, 0.3) is 11.2 Å². The summed E-state index contributed by atoms with van der Waals surface area (Å²) in [5.74, 6) is -1.45. The second-order valence-electron chi connectivity index (χ2n) is 10.5. The summed E-state index contributed by atoms with van der Waals surface area (Å²) in [4.78, 5) is 47.4. The predicted molar refractivity (Wildman–Crippen MR) is 158 cm³/mol. The molecule has 0 aliphatic carbocycles. The number of hydrogen-bond acceptors (Lipinski definition) is 11. The molecule has 2 aromatic heterocycles. The Balaban J connectivity index is 1.06. The number of benzene rings is 2. The van der Waals surface area contributed by atoms with Gasteiger partial charge in [0.2, 0.25) is 5.95 Å². The molecule has 14 heteroatoms. The highest BCUT2D eigenvalue weighted by atomic mass is 19.1. The van der Waals surface area contributed by atoms with Crippen LogP contribution in [0.2, 0.25) is 0 Å². The number of ether oxygens (including phenoxy) is 5. The molecule has 0 spiro atoms. The Bertz CT molecular complexity index is 1570. The number of nitrogen functional groups attached to an aromatic ring is 1. The molecule has 0 bridgehead atoms. The van der Waals surface area contributed by atoms with Gasteiger partial charge >= 0.3 is 11.9 Å². The van der Waals surface area contributed by atoms with E-state index in [2.05, 4.69) is 15.0 Å². The minimum absolute atomic E-state index is 0.0396. The maximum absolute atomic E-state index is 14.8. The van der Waals surface area contributed by atoms with E-state index >= 15 is 0 Å². The zero-order chi connectivity index (χ0) is 31.6. The van der Waals surface area contributed by atoms with Gasteiger partial charge in [-0.2, -0.15) is 4.98 Å². The summed E-state index contributed by atoms with van der Waals surface area (Å²) in [6.45, 7) is 0.498. The van der Waals surface area contributed by atoms with Gasteiger partial charge in [0, 0.05) is 6.42 Å². The number of nitrogens with two attached hydrogens (primary N) is 1. The normalized spacial score (nSPS) is 18.0. The van der Waals surface area contributed by atoms with Gasteiger partial charge in [-0.15, -0.1) is 0 Å². The number of halogens is 1. The molecule has 0 unspecified atom stereocenters. The Morgan fingerprint density at radius 3 is 2.27 bits per heavy atom. The van der Waals surface area contributed by atoms with Crippen LogP contribution in [0.3, 0.4) is 0 Å². The maximum atomic E-state index is 14.8. The van der Waals surface area contributed by atoms with E-state index in [0.29, 0.717) is 13.2 Å². The van der Waals surface area contributed by atoms with E-state index in [1.54, 1.807) is 0 Å². The molecule has 3 N–H and O–H groups in total. The lowest BCUT2D eigenvalue weighted by molar-refractivity contribution is -0.160. The number of carbonyl (C=O) groups is 2. The summed E-state index contributed by atoms with van der Waals surface area (Å²) in [7, 11) is 0. The van der Waals surface area contributed by atoms with E-state index in [9.17, 15) is 18.8 Å². The third-order valence-electron chi connectivity index (χ3n) is 6.99. The van der Waals surface area contributed by atoms with E-state index < -0.39 is 42.1 Å². The summed E-state index contributed by atoms with van der Waals surface area (Å²) in [6.07, 6.45) is -3.33. The van der Waals surface area contributed by atoms with E-state index in [-0.39, 0.29) is 56.2 Å². The summed E-state index contributed by atoms with van der Waals surface area (Å²) in [6, 6.07) is 19.1. The van der Waals surface area contributed by atoms with Gasteiger partial charge in [-0.25, -0.2) is 9.37 Å². The average Bonchev–Trinajstić information content (AvgIpc) is 3.63. The van der Waals surface area contributed by atoms with Crippen LogP contribution < -0.4 is 11.3 Å². The van der Waals surface area contributed by atoms with E-state index in [1.165, 1.54) is 10.9 Å². The largest absolute Gasteiger partial charge is 0.463 e. The fourth-order valence-corrected chi connectivity index (χ4v) is 4.74. The quantitative estimate of drug-likeness (QED) is 0.187. The van der Waals surface area contributed by atoms with Crippen LogP contribution in [0, 0.1) is 0 Å². The molecule has 13 nitrogen and oxygen atoms in total. The number of H-pyrrole nitrogens is 1. The molecule has 4 aromatic rings. The number of imidazole rings is 1. The third kappa shape index (κ3) is 8.94. The molecule has 0 radical (unpaired) electrons. The van der Waals surface area contributed by atoms with Crippen molar-refractivity contribution < 1.29 is 37.7 Å². The Labute approximate surface area is 257 Å². The number of fused-ring (bicyclic) bond motifs is 1. The lowest BCUT2D eigenvalue weighted by atomic mass is 10.2. The van der Waals surface area contributed by atoms with Crippen LogP contribution in [-0.4, -0.2) is 69.7 Å². The van der Waals surface area contributed by atoms with Crippen molar-refractivity contribution in [3.05, 3.63) is 88.5 Å². The number of carbonyl (C=O) groups excluding carboxylic acids is 2. The molecule has 5 rings (SSSR count). The van der Waals surface area contributed by atoms with E-state index in [0.717, 1.165) is 11.1 Å². The van der Waals surface area contributed by atoms with Gasteiger partial charge in [-0.3, -0.25) is 23.9 Å². The molecule has 1 saturated heterocycles. The van der Waals surface area contributed by atoms with Crippen LogP contribution in [0.1, 0.15) is 36.6 Å². The fourth-order valence-electron chi connectivity index (χ4n) is 4.74. The van der Waals surface area contributed by atoms with Gasteiger partial charge in [-0.1, -0.05) is 60.7 Å². The Hall–Kier alpha value is -4.66. The molecule has 0 saturated carbocycles. The first-order valence-corrected chi connectivity index (χ1v) is 14.5. The minimum atomic E-state index is -1.46. The first-order chi connectivity index (χ1) is 21.9. The number of nitrogens with one attached hydrogen (secondary N) is 1. The highest BCUT2D eigenvalue weighted by molar-refractivity contribution is 5.77. The van der Waals surface area contributed by atoms with Crippen LogP contribution in [0.15, 0.2) is 71.8 Å². The number of alkyl halides is 1. The highest BCUT2D eigenvalue weighted by Gasteiger charge is 2.38. The van der Waals surface area contributed by atoms with Crippen molar-refractivity contribution in [1.82, 2.24) is 19.5 Å². The molecule has 2 aromatic carbocycles. The number of rotatable bonds is 15. The smallest absolute Gasteiger partial charge is 0.306 e. The molecule has 3 heterocycles. The third-order valence-corrected chi connectivity index (χ3v) is 6.99. The van der Waals surface area contributed by atoms with E-state index in [4.69, 9.17) is 29.4 Å². The Morgan fingerprint density at radius 1 is 1.00 bits per heavy atom. The molecule has 1 aliphatic heterocycles. The molecule has 3 atom stereocenters. The lowest BCUT2D eigenvalue weighted by Crippen LogP contribution is -2.29. The lowest BCUT2D eigenvalue weighted by Gasteiger charge is -2.19. The number of nitrogens with zero attached hydrogens (tertiary/aromatic N) is 3. The first kappa shape index (κ1) is 31.8. The van der Waals surface area contributed by atoms with Gasteiger partial charge in [0.25, 0.3) is 5.56 Å². The molecule has 1 fully saturated rings. The van der Waals surface area contributed by atoms with E-state index in [1.807, 2.05) is 60.7 Å². The second-order valence-corrected chi connectivity index (χ2v) is 10.5. The van der Waals surface area contributed by atoms with Crippen molar-refractivity contribution in [2.75, 3.05) is 25.6 Å². The van der Waals surface area contributed by atoms with Crippen LogP contribution in [-0.2, 0) is 46.5 Å². The molecule has 0 amide bonds. The van der Waals surface area contributed by atoms with Crippen LogP contribution in [0.5, 0.6) is 0 Å². The number of aromatic amines is 1. The number of esters is 2. The zero-order valence-electron chi connectivity index (χ0n) is 24.4. The number of anilines is 1. The van der Waals surface area contributed by atoms with Crippen molar-refractivity contribution in [1.29, 1.82) is 0 Å². The molecular formula is C31H34FN5O8. The molecule has 1 aliphatic rings. The predicted octanol–water partition coefficient (Wildman–Crippen LogP) is 3.00. The topological polar surface area (TPSA) is 170 Å². The number of hydrogen-bond donors (Lipinski definition) is 2. The van der Waals surface area contributed by atoms with Crippen molar-refractivity contribution in [2.24, 2.45) is 0 Å². The van der Waals surface area contributed by atoms with Crippen molar-refractivity contribution in [2.45, 2.75) is 57.1 Å². The summed E-state index contributed by atoms with van der Waals surface area (Å²) in [5.41, 5.74) is 7.23. The van der Waals surface area contributed by atoms with Gasteiger partial charge in [0.1, 0.15) is 31.2 Å². The van der Waals surface area contributed by atoms with Crippen molar-refractivity contribution in [3.8, 4) is 0 Å². The van der Waals surface area contributed by atoms with Crippen LogP contribution in [0.4, 0.5) is 10.3 Å². The highest BCUT2D eigenvalue weighted by Crippen LogP contribution is 2.32. The summed E-state index contributed by atoms with van der Waals surface area (Å²) < 4.78 is 44.2. The SMILES string of the molecule is Nc1nc2c(ncn2[C@H]2C[C@H](F)[C@@H](COC(=O)CCC(=O)OC(COCc3ccccc3)COCc3ccccc3)O2)c(=O)[nH]1. The molecular weight excluding hydrogens is 589 g/mol. The van der Waals surface area contributed by atoms with Crippen molar-refractivity contribution >= 4 is 29.1 Å². The molecule has 238 valence electrons. The van der Waals surface area contributed by atoms with Gasteiger partial charge in [0.15, 0.2) is 11.2 Å². The fraction of sp³-hybridized carbons (Fsp3) is 0.387. The second kappa shape index (κ2) is 15.4. The molecule has 45 heavy (non-hydrogen) atoms. The zero-order valence-corrected chi connectivity index (χ0v) is 24.4. The van der Waals surface area contributed by atoms with Gasteiger partial charge in [0.05, 0.1) is 45.6 Å². The number of aromatic nitrogens is 4. The average molecular weight is 624 g/mol. The summed E-state index contributed by atoms with van der Waals surface area (Å²) in [5, 5.41) is 0. The summed E-state index contributed by atoms with van der Waals surface area (Å²) >= 11 is 0. The Morgan fingerprint density at radius 2 is 1.62 bits per heavy atom. The van der Waals surface area contributed by atoms with Crippen LogP contribution >= 0.6 is 0 Å². The van der Waals surface area contributed by atoms with Gasteiger partial charge < -0.3 is 29.4 Å². The maximum Gasteiger partial charge on any atom is 0.306 e. The van der Waals surface area contributed by atoms with Gasteiger partial charge in [-0.05, 0) is 11.1 Å².